The lowest BCUT2D eigenvalue weighted by atomic mass is 9.89. The number of amides is 9. The lowest BCUT2D eigenvalue weighted by molar-refractivity contribution is -0.138. The molecule has 0 spiro atoms. The van der Waals surface area contributed by atoms with Crippen molar-refractivity contribution in [2.75, 3.05) is 13.2 Å². The van der Waals surface area contributed by atoms with E-state index in [0.29, 0.717) is 28.6 Å². The molecule has 15 N–H and O–H groups in total. The summed E-state index contributed by atoms with van der Waals surface area (Å²) in [7, 11) is 0. The van der Waals surface area contributed by atoms with Gasteiger partial charge in [0.15, 0.2) is 5.43 Å². The Hall–Kier alpha value is -9.73. The van der Waals surface area contributed by atoms with Crippen LogP contribution >= 0.6 is 0 Å². The number of phenols is 1. The number of aliphatic carboxylic acids is 1. The van der Waals surface area contributed by atoms with Gasteiger partial charge in [-0.15, -0.1) is 0 Å². The third-order valence-corrected chi connectivity index (χ3v) is 12.6. The molecule has 81 heavy (non-hydrogen) atoms. The van der Waals surface area contributed by atoms with Gasteiger partial charge >= 0.3 is 11.9 Å². The van der Waals surface area contributed by atoms with E-state index < -0.39 is 127 Å². The molecule has 9 amide bonds. The van der Waals surface area contributed by atoms with Crippen molar-refractivity contribution in [1.82, 2.24) is 52.5 Å². The minimum absolute atomic E-state index is 0.0500. The number of unbranched alkanes of at least 4 members (excludes halogenated alkanes) is 1. The number of hydrogen-bond donors (Lipinski definition) is 14. The van der Waals surface area contributed by atoms with E-state index in [1.54, 1.807) is 0 Å². The lowest BCUT2D eigenvalue weighted by Gasteiger charge is -2.25. The number of primary amides is 1. The van der Waals surface area contributed by atoms with Crippen LogP contribution in [0, 0.1) is 0 Å². The summed E-state index contributed by atoms with van der Waals surface area (Å²) in [5, 5.41) is 59.1. The second-order valence-electron chi connectivity index (χ2n) is 18.9. The summed E-state index contributed by atoms with van der Waals surface area (Å²) >= 11 is 0. The van der Waals surface area contributed by atoms with Gasteiger partial charge in [0.1, 0.15) is 59.4 Å². The predicted octanol–water partition coefficient (Wildman–Crippen LogP) is -0.960. The predicted molar refractivity (Wildman–Crippen MR) is 286 cm³/mol. The molecule has 0 unspecified atom stereocenters. The molecule has 5 rings (SSSR count). The van der Waals surface area contributed by atoms with Gasteiger partial charge in [0.05, 0.1) is 11.9 Å². The monoisotopic (exact) mass is 1130 g/mol. The maximum atomic E-state index is 13.6. The van der Waals surface area contributed by atoms with Gasteiger partial charge in [-0.25, -0.2) is 9.78 Å². The Bertz CT molecular complexity index is 3200. The number of aromatic hydroxyl groups is 1. The second-order valence-corrected chi connectivity index (χ2v) is 18.9. The maximum absolute atomic E-state index is 13.6. The molecule has 1 aliphatic carbocycles. The first-order valence-corrected chi connectivity index (χ1v) is 25.4. The van der Waals surface area contributed by atoms with Gasteiger partial charge in [0, 0.05) is 79.0 Å². The molecule has 3 aromatic rings. The average molecular weight is 1130 g/mol. The van der Waals surface area contributed by atoms with Crippen molar-refractivity contribution in [3.05, 3.63) is 94.2 Å². The van der Waals surface area contributed by atoms with E-state index in [4.69, 9.17) is 10.2 Å². The highest BCUT2D eigenvalue weighted by Gasteiger charge is 2.33. The zero-order chi connectivity index (χ0) is 59.7. The van der Waals surface area contributed by atoms with Gasteiger partial charge in [0.2, 0.25) is 47.3 Å². The molecule has 0 fully saturated rings. The Morgan fingerprint density at radius 2 is 1.27 bits per heavy atom. The first kappa shape index (κ1) is 62.1. The lowest BCUT2D eigenvalue weighted by Crippen LogP contribution is -2.59. The highest BCUT2D eigenvalue weighted by Crippen LogP contribution is 2.42. The fourth-order valence-corrected chi connectivity index (χ4v) is 8.33. The summed E-state index contributed by atoms with van der Waals surface area (Å²) in [4.78, 5) is 160. The van der Waals surface area contributed by atoms with E-state index in [0.717, 1.165) is 0 Å². The van der Waals surface area contributed by atoms with Gasteiger partial charge < -0.3 is 78.1 Å². The van der Waals surface area contributed by atoms with Crippen LogP contribution < -0.4 is 53.7 Å². The molecule has 432 valence electrons. The number of carbonyl (C=O) groups excluding carboxylic acids is 9. The Balaban J connectivity index is 1.14. The van der Waals surface area contributed by atoms with Crippen LogP contribution in [0.15, 0.2) is 76.3 Å². The van der Waals surface area contributed by atoms with Crippen LogP contribution in [0.5, 0.6) is 5.75 Å². The highest BCUT2D eigenvalue weighted by atomic mass is 16.4. The number of H-pyrrole nitrogens is 1. The number of nitrogens with two attached hydrogens (primary N) is 1. The Labute approximate surface area is 461 Å². The normalized spacial score (nSPS) is 13.6. The first-order valence-electron chi connectivity index (χ1n) is 25.4. The van der Waals surface area contributed by atoms with Crippen LogP contribution in [0.1, 0.15) is 92.6 Å². The zero-order valence-corrected chi connectivity index (χ0v) is 44.4. The summed E-state index contributed by atoms with van der Waals surface area (Å²) in [6.45, 7) is 4.56. The van der Waals surface area contributed by atoms with Crippen molar-refractivity contribution in [2.24, 2.45) is 5.73 Å². The van der Waals surface area contributed by atoms with Crippen LogP contribution in [-0.4, -0.2) is 151 Å². The molecule has 1 aromatic heterocycles. The number of benzene rings is 3. The van der Waals surface area contributed by atoms with Gasteiger partial charge in [-0.05, 0) is 101 Å². The average Bonchev–Trinajstić information content (AvgIpc) is 3.97. The number of imidazole rings is 1. The summed E-state index contributed by atoms with van der Waals surface area (Å²) in [5.41, 5.74) is 6.26. The van der Waals surface area contributed by atoms with Crippen LogP contribution in [0.25, 0.3) is 33.4 Å². The molecule has 0 bridgehead atoms. The van der Waals surface area contributed by atoms with Crippen molar-refractivity contribution >= 4 is 76.1 Å². The molecule has 0 saturated carbocycles. The molecule has 7 atom stereocenters. The van der Waals surface area contributed by atoms with E-state index in [9.17, 15) is 78.0 Å². The largest absolute Gasteiger partial charge is 0.508 e. The number of rotatable bonds is 29. The first-order chi connectivity index (χ1) is 38.4. The molecule has 2 aromatic carbocycles. The highest BCUT2D eigenvalue weighted by molar-refractivity contribution is 6.09. The van der Waals surface area contributed by atoms with Crippen molar-refractivity contribution in [3.8, 4) is 28.2 Å². The number of carbonyl (C=O) groups is 11. The van der Waals surface area contributed by atoms with Gasteiger partial charge in [-0.3, -0.25) is 52.7 Å². The van der Waals surface area contributed by atoms with Gasteiger partial charge in [-0.1, -0.05) is 0 Å². The number of phenolic OH excluding ortho intramolecular Hbond substituents is 1. The van der Waals surface area contributed by atoms with E-state index in [1.807, 2.05) is 0 Å². The maximum Gasteiger partial charge on any atom is 0.336 e. The molecule has 28 nitrogen and oxygen atoms in total. The fourth-order valence-electron chi connectivity index (χ4n) is 8.33. The zero-order valence-electron chi connectivity index (χ0n) is 44.4. The minimum Gasteiger partial charge on any atom is -0.508 e. The summed E-state index contributed by atoms with van der Waals surface area (Å²) in [5.74, 6) is -10.1. The van der Waals surface area contributed by atoms with E-state index in [1.165, 1.54) is 94.8 Å². The fraction of sp³-hybridized carbons (Fsp3) is 0.377. The summed E-state index contributed by atoms with van der Waals surface area (Å²) < 4.78 is 5.88. The number of carboxylic acids is 2. The molecular weight excluding hydrogens is 1060 g/mol. The Kier molecular flexibility index (Phi) is 22.1. The van der Waals surface area contributed by atoms with Gasteiger partial charge in [0.25, 0.3) is 5.91 Å². The molecule has 2 heterocycles. The number of nitrogens with zero attached hydrogens (tertiary/aromatic N) is 1. The number of carboxylic acid groups (broad SMARTS) is 2. The van der Waals surface area contributed by atoms with E-state index in [-0.39, 0.29) is 71.4 Å². The molecular formula is C53H63N11O17. The van der Waals surface area contributed by atoms with Crippen LogP contribution in [0.4, 0.5) is 0 Å². The second kappa shape index (κ2) is 28.8. The minimum atomic E-state index is -1.58. The number of aliphatic hydroxyl groups excluding tert-OH is 1. The standard InChI is InChI=1S/C53H63N11O17/c1-25(46(72)59-27(3)48(74)63-39(14-15-43(69)70)51(77)64-40(20-30-23-55-24-57-30)52(78)62-37(16-18-65)45(54)71)58-47(73)26(2)60-50(76)38(61-28(4)66)7-5-6-17-56-49(75)29-8-11-33(53(79)80)36(19-29)44-34-12-9-31(67)21-41(34)81-42-22-32(68)10-13-35(42)44/h8-13,19,21-27,37-40,65,67H,5-7,14-18,20H2,1-4H3,(H2,54,71)(H,55,57)(H,56,75)(H,58,73)(H,59,72)(H,60,76)(H,61,66)(H,62,78)(H,63,74)(H,64,77)(H,69,70)(H,79,80)/t25-,26-,27-,37-,38-,39-,40-/m1/s1. The number of aromatic carboxylic acids is 1. The Morgan fingerprint density at radius 3 is 1.88 bits per heavy atom. The summed E-state index contributed by atoms with van der Waals surface area (Å²) in [6, 6.07) is 2.73. The molecule has 2 aliphatic rings. The van der Waals surface area contributed by atoms with E-state index >= 15 is 0 Å². The molecule has 0 saturated heterocycles. The van der Waals surface area contributed by atoms with Crippen molar-refractivity contribution < 1.29 is 77.6 Å². The number of aromatic nitrogens is 2. The Morgan fingerprint density at radius 1 is 0.667 bits per heavy atom. The van der Waals surface area contributed by atoms with Gasteiger partial charge in [-0.2, -0.15) is 0 Å². The van der Waals surface area contributed by atoms with Crippen molar-refractivity contribution in [1.29, 1.82) is 0 Å². The van der Waals surface area contributed by atoms with E-state index in [2.05, 4.69) is 52.5 Å². The van der Waals surface area contributed by atoms with Crippen LogP contribution in [0.2, 0.25) is 0 Å². The summed E-state index contributed by atoms with van der Waals surface area (Å²) in [6.07, 6.45) is 1.71. The number of aliphatic hydroxyl groups is 1. The van der Waals surface area contributed by atoms with Crippen LogP contribution in [0.3, 0.4) is 0 Å². The number of nitrogens with one attached hydrogen (secondary N) is 9. The number of fused-ring (bicyclic) bond motifs is 2. The number of aromatic amines is 1. The quantitative estimate of drug-likeness (QED) is 0.0203. The van der Waals surface area contributed by atoms with Crippen molar-refractivity contribution in [3.63, 3.8) is 0 Å². The molecule has 0 radical (unpaired) electrons. The third kappa shape index (κ3) is 17.6. The van der Waals surface area contributed by atoms with Crippen LogP contribution in [-0.2, 0) is 49.6 Å². The SMILES string of the molecule is CC(=O)N[C@H](CCCCNC(=O)c1ccc(C(=O)O)c(-c2c3ccc(=O)cc-3oc3cc(O)ccc23)c1)C(=O)N[C@H](C)C(=O)N[C@H](C)C(=O)N[C@H](C)C(=O)N[C@H](CCC(=O)O)C(=O)N[C@H](Cc1cnc[nH]1)C(=O)N[C@H](CCO)C(N)=O. The third-order valence-electron chi connectivity index (χ3n) is 12.6. The molecule has 28 heteroatoms. The van der Waals surface area contributed by atoms with Crippen molar-refractivity contribution in [2.45, 2.75) is 115 Å². The smallest absolute Gasteiger partial charge is 0.336 e. The molecule has 1 aliphatic heterocycles. The number of hydrogen-bond acceptors (Lipinski definition) is 16. The topological polar surface area (TPSA) is 450 Å².